The maximum atomic E-state index is 12.6. The van der Waals surface area contributed by atoms with Crippen LogP contribution in [0.25, 0.3) is 11.4 Å². The van der Waals surface area contributed by atoms with Crippen molar-refractivity contribution >= 4 is 27.5 Å². The van der Waals surface area contributed by atoms with Gasteiger partial charge in [0.15, 0.2) is 0 Å². The lowest BCUT2D eigenvalue weighted by atomic mass is 10.1. The number of benzene rings is 1. The number of H-pyrrole nitrogens is 1. The highest BCUT2D eigenvalue weighted by molar-refractivity contribution is 9.10. The van der Waals surface area contributed by atoms with E-state index < -0.39 is 0 Å². The first-order valence-corrected chi connectivity index (χ1v) is 9.46. The Morgan fingerprint density at radius 2 is 2.00 bits per heavy atom. The molecule has 0 amide bonds. The van der Waals surface area contributed by atoms with Crippen LogP contribution in [0.2, 0.25) is 5.02 Å². The summed E-state index contributed by atoms with van der Waals surface area (Å²) in [4.78, 5) is 26.7. The van der Waals surface area contributed by atoms with E-state index in [0.29, 0.717) is 17.4 Å². The van der Waals surface area contributed by atoms with Gasteiger partial charge in [0.1, 0.15) is 10.4 Å². The first-order chi connectivity index (χ1) is 12.6. The van der Waals surface area contributed by atoms with Crippen molar-refractivity contribution in [3.63, 3.8) is 0 Å². The summed E-state index contributed by atoms with van der Waals surface area (Å²) < 4.78 is 0.820. The fourth-order valence-electron chi connectivity index (χ4n) is 3.12. The Kier molecular flexibility index (Phi) is 4.89. The Balaban J connectivity index is 1.57. The Morgan fingerprint density at radius 1 is 1.19 bits per heavy atom. The van der Waals surface area contributed by atoms with E-state index in [0.717, 1.165) is 46.5 Å². The molecular formula is C19H16BrClN4O. The molecule has 26 heavy (non-hydrogen) atoms. The lowest BCUT2D eigenvalue weighted by Crippen LogP contribution is -2.35. The van der Waals surface area contributed by atoms with Crippen molar-refractivity contribution in [3.8, 4) is 11.4 Å². The molecule has 0 radical (unpaired) electrons. The molecule has 5 nitrogen and oxygen atoms in total. The van der Waals surface area contributed by atoms with E-state index >= 15 is 0 Å². The molecule has 1 N–H and O–H groups in total. The van der Waals surface area contributed by atoms with Crippen molar-refractivity contribution in [2.75, 3.05) is 6.54 Å². The van der Waals surface area contributed by atoms with Gasteiger partial charge in [-0.15, -0.1) is 0 Å². The summed E-state index contributed by atoms with van der Waals surface area (Å²) in [5.74, 6) is 0.593. The third kappa shape index (κ3) is 3.72. The van der Waals surface area contributed by atoms with Crippen molar-refractivity contribution in [3.05, 3.63) is 79.4 Å². The summed E-state index contributed by atoms with van der Waals surface area (Å²) in [6.45, 7) is 2.21. The van der Waals surface area contributed by atoms with Crippen LogP contribution >= 0.6 is 27.5 Å². The first-order valence-electron chi connectivity index (χ1n) is 8.29. The number of nitrogens with one attached hydrogen (secondary N) is 1. The van der Waals surface area contributed by atoms with E-state index in [4.69, 9.17) is 11.6 Å². The molecule has 2 aromatic heterocycles. The number of aromatic nitrogens is 3. The molecule has 0 saturated heterocycles. The van der Waals surface area contributed by atoms with Crippen LogP contribution in [0.1, 0.15) is 16.8 Å². The minimum atomic E-state index is -0.0708. The van der Waals surface area contributed by atoms with Gasteiger partial charge >= 0.3 is 0 Å². The van der Waals surface area contributed by atoms with Gasteiger partial charge in [0.2, 0.25) is 0 Å². The third-order valence-electron chi connectivity index (χ3n) is 4.46. The molecule has 0 atom stereocenters. The zero-order valence-corrected chi connectivity index (χ0v) is 16.2. The Labute approximate surface area is 164 Å². The Hall–Kier alpha value is -2.02. The van der Waals surface area contributed by atoms with Gasteiger partial charge in [-0.1, -0.05) is 17.7 Å². The van der Waals surface area contributed by atoms with Crippen LogP contribution in [0.4, 0.5) is 0 Å². The lowest BCUT2D eigenvalue weighted by Gasteiger charge is -2.27. The quantitative estimate of drug-likeness (QED) is 0.641. The predicted molar refractivity (Wildman–Crippen MR) is 105 cm³/mol. The summed E-state index contributed by atoms with van der Waals surface area (Å²) in [7, 11) is 0. The van der Waals surface area contributed by atoms with Crippen LogP contribution in [0.5, 0.6) is 0 Å². The minimum Gasteiger partial charge on any atom is -0.306 e. The molecule has 0 fully saturated rings. The molecule has 4 rings (SSSR count). The van der Waals surface area contributed by atoms with Crippen LogP contribution in [-0.4, -0.2) is 26.4 Å². The topological polar surface area (TPSA) is 61.9 Å². The molecule has 0 saturated carbocycles. The summed E-state index contributed by atoms with van der Waals surface area (Å²) >= 11 is 9.28. The molecule has 1 aliphatic heterocycles. The highest BCUT2D eigenvalue weighted by Crippen LogP contribution is 2.21. The van der Waals surface area contributed by atoms with E-state index in [1.165, 1.54) is 0 Å². The van der Waals surface area contributed by atoms with Gasteiger partial charge in [0, 0.05) is 42.8 Å². The second-order valence-corrected chi connectivity index (χ2v) is 7.55. The summed E-state index contributed by atoms with van der Waals surface area (Å²) in [6.07, 6.45) is 2.61. The van der Waals surface area contributed by atoms with E-state index in [1.807, 2.05) is 30.5 Å². The summed E-state index contributed by atoms with van der Waals surface area (Å²) in [5.41, 5.74) is 3.54. The maximum absolute atomic E-state index is 12.6. The maximum Gasteiger partial charge on any atom is 0.255 e. The van der Waals surface area contributed by atoms with Gasteiger partial charge < -0.3 is 4.98 Å². The second-order valence-electron chi connectivity index (χ2n) is 6.30. The Bertz CT molecular complexity index is 986. The molecule has 1 aromatic carbocycles. The largest absolute Gasteiger partial charge is 0.306 e. The minimum absolute atomic E-state index is 0.0708. The number of rotatable bonds is 3. The monoisotopic (exact) mass is 430 g/mol. The summed E-state index contributed by atoms with van der Waals surface area (Å²) in [5, 5.41) is 0.659. The standard InChI is InChI=1S/C19H16BrClN4O/c20-17-6-1-12(9-22-17)10-25-8-7-16-15(11-25)19(26)24-18(23-16)13-2-4-14(21)5-3-13/h1-6,9H,7-8,10-11H2,(H,23,24,26). The molecular weight excluding hydrogens is 416 g/mol. The number of nitrogens with zero attached hydrogens (tertiary/aromatic N) is 3. The van der Waals surface area contributed by atoms with E-state index in [9.17, 15) is 4.79 Å². The lowest BCUT2D eigenvalue weighted by molar-refractivity contribution is 0.241. The zero-order valence-electron chi connectivity index (χ0n) is 13.9. The van der Waals surface area contributed by atoms with Crippen molar-refractivity contribution < 1.29 is 0 Å². The van der Waals surface area contributed by atoms with Gasteiger partial charge in [0.05, 0.1) is 11.3 Å². The van der Waals surface area contributed by atoms with Gasteiger partial charge in [-0.3, -0.25) is 9.69 Å². The fourth-order valence-corrected chi connectivity index (χ4v) is 3.48. The molecule has 3 aromatic rings. The highest BCUT2D eigenvalue weighted by Gasteiger charge is 2.21. The van der Waals surface area contributed by atoms with Crippen LogP contribution in [-0.2, 0) is 19.5 Å². The Morgan fingerprint density at radius 3 is 2.73 bits per heavy atom. The molecule has 132 valence electrons. The number of pyridine rings is 1. The van der Waals surface area contributed by atoms with E-state index in [2.05, 4.69) is 35.8 Å². The van der Waals surface area contributed by atoms with Gasteiger partial charge in [-0.25, -0.2) is 9.97 Å². The van der Waals surface area contributed by atoms with Gasteiger partial charge in [0.25, 0.3) is 5.56 Å². The SMILES string of the molecule is O=c1[nH]c(-c2ccc(Cl)cc2)nc2c1CN(Cc1ccc(Br)nc1)CC2. The van der Waals surface area contributed by atoms with Crippen molar-refractivity contribution in [2.45, 2.75) is 19.5 Å². The zero-order chi connectivity index (χ0) is 18.1. The average molecular weight is 432 g/mol. The highest BCUT2D eigenvalue weighted by atomic mass is 79.9. The van der Waals surface area contributed by atoms with Crippen molar-refractivity contribution in [1.82, 2.24) is 19.9 Å². The molecule has 1 aliphatic rings. The third-order valence-corrected chi connectivity index (χ3v) is 5.18. The van der Waals surface area contributed by atoms with Gasteiger partial charge in [-0.05, 0) is 51.8 Å². The smallest absolute Gasteiger partial charge is 0.255 e. The van der Waals surface area contributed by atoms with Crippen LogP contribution in [0.15, 0.2) is 52.0 Å². The number of aromatic amines is 1. The summed E-state index contributed by atoms with van der Waals surface area (Å²) in [6, 6.07) is 11.3. The molecule has 0 spiro atoms. The first kappa shape index (κ1) is 17.4. The van der Waals surface area contributed by atoms with Crippen LogP contribution in [0.3, 0.4) is 0 Å². The number of hydrogen-bond donors (Lipinski definition) is 1. The van der Waals surface area contributed by atoms with Crippen LogP contribution in [0, 0.1) is 0 Å². The molecule has 0 unspecified atom stereocenters. The number of halogens is 2. The van der Waals surface area contributed by atoms with E-state index in [1.54, 1.807) is 12.1 Å². The van der Waals surface area contributed by atoms with E-state index in [-0.39, 0.29) is 5.56 Å². The van der Waals surface area contributed by atoms with Crippen LogP contribution < -0.4 is 5.56 Å². The average Bonchev–Trinajstić information content (AvgIpc) is 2.64. The predicted octanol–water partition coefficient (Wildman–Crippen LogP) is 3.81. The molecule has 7 heteroatoms. The second kappa shape index (κ2) is 7.31. The number of hydrogen-bond acceptors (Lipinski definition) is 4. The fraction of sp³-hybridized carbons (Fsp3) is 0.211. The molecule has 0 aliphatic carbocycles. The molecule has 3 heterocycles. The van der Waals surface area contributed by atoms with Crippen molar-refractivity contribution in [1.29, 1.82) is 0 Å². The molecule has 0 bridgehead atoms. The van der Waals surface area contributed by atoms with Crippen molar-refractivity contribution in [2.24, 2.45) is 0 Å². The van der Waals surface area contributed by atoms with Gasteiger partial charge in [-0.2, -0.15) is 0 Å². The number of fused-ring (bicyclic) bond motifs is 1. The normalized spacial score (nSPS) is 14.2.